The van der Waals surface area contributed by atoms with Gasteiger partial charge in [-0.3, -0.25) is 0 Å². The van der Waals surface area contributed by atoms with Crippen LogP contribution in [0, 0.1) is 12.3 Å². The van der Waals surface area contributed by atoms with Gasteiger partial charge >= 0.3 is 0 Å². The summed E-state index contributed by atoms with van der Waals surface area (Å²) in [4.78, 5) is 0. The van der Waals surface area contributed by atoms with Gasteiger partial charge < -0.3 is 9.84 Å². The van der Waals surface area contributed by atoms with Gasteiger partial charge in [0, 0.05) is 11.8 Å². The lowest BCUT2D eigenvalue weighted by Crippen LogP contribution is -2.60. The molecule has 1 N–H and O–H groups in total. The standard InChI is InChI=1S/C16H22O2/c1-12-7-3-4-8-13(12)18-15-11-14(17)16(15)9-5-2-6-10-16/h3-4,7-8,14-15,17H,2,5-6,9-11H2,1H3. The Kier molecular flexibility index (Phi) is 3.06. The molecule has 0 bridgehead atoms. The molecule has 2 atom stereocenters. The molecule has 3 rings (SSSR count). The molecule has 2 fully saturated rings. The molecule has 1 spiro atoms. The van der Waals surface area contributed by atoms with Gasteiger partial charge in [-0.2, -0.15) is 0 Å². The third-order valence-corrected chi connectivity index (χ3v) is 4.89. The van der Waals surface area contributed by atoms with E-state index in [0.717, 1.165) is 25.0 Å². The molecule has 1 aromatic rings. The van der Waals surface area contributed by atoms with Gasteiger partial charge in [0.1, 0.15) is 11.9 Å². The molecule has 18 heavy (non-hydrogen) atoms. The van der Waals surface area contributed by atoms with E-state index in [4.69, 9.17) is 4.74 Å². The van der Waals surface area contributed by atoms with Gasteiger partial charge in [-0.25, -0.2) is 0 Å². The van der Waals surface area contributed by atoms with Crippen molar-refractivity contribution >= 4 is 0 Å². The molecule has 0 heterocycles. The van der Waals surface area contributed by atoms with Crippen molar-refractivity contribution in [3.05, 3.63) is 29.8 Å². The Labute approximate surface area is 109 Å². The fraction of sp³-hybridized carbons (Fsp3) is 0.625. The summed E-state index contributed by atoms with van der Waals surface area (Å²) < 4.78 is 6.18. The van der Waals surface area contributed by atoms with Gasteiger partial charge in [0.05, 0.1) is 6.10 Å². The highest BCUT2D eigenvalue weighted by Crippen LogP contribution is 2.53. The molecular weight excluding hydrogens is 224 g/mol. The maximum atomic E-state index is 10.2. The molecule has 0 amide bonds. The zero-order valence-electron chi connectivity index (χ0n) is 11.1. The van der Waals surface area contributed by atoms with Gasteiger partial charge in [0.25, 0.3) is 0 Å². The normalized spacial score (nSPS) is 29.9. The zero-order chi connectivity index (χ0) is 12.6. The van der Waals surface area contributed by atoms with Crippen LogP contribution >= 0.6 is 0 Å². The molecule has 2 aliphatic rings. The molecule has 0 aromatic heterocycles. The van der Waals surface area contributed by atoms with Crippen LogP contribution < -0.4 is 4.74 Å². The molecular formula is C16H22O2. The Balaban J connectivity index is 1.75. The fourth-order valence-corrected chi connectivity index (χ4v) is 3.60. The van der Waals surface area contributed by atoms with E-state index in [-0.39, 0.29) is 17.6 Å². The summed E-state index contributed by atoms with van der Waals surface area (Å²) >= 11 is 0. The van der Waals surface area contributed by atoms with Crippen LogP contribution in [-0.4, -0.2) is 17.3 Å². The maximum absolute atomic E-state index is 10.2. The summed E-state index contributed by atoms with van der Waals surface area (Å²) in [7, 11) is 0. The Bertz CT molecular complexity index is 421. The summed E-state index contributed by atoms with van der Waals surface area (Å²) in [5, 5.41) is 10.2. The number of ether oxygens (including phenoxy) is 1. The Morgan fingerprint density at radius 3 is 2.56 bits per heavy atom. The topological polar surface area (TPSA) is 29.5 Å². The molecule has 2 aliphatic carbocycles. The van der Waals surface area contributed by atoms with Crippen LogP contribution in [0.4, 0.5) is 0 Å². The van der Waals surface area contributed by atoms with Gasteiger partial charge in [-0.05, 0) is 31.4 Å². The van der Waals surface area contributed by atoms with Crippen LogP contribution in [0.3, 0.4) is 0 Å². The highest BCUT2D eigenvalue weighted by molar-refractivity contribution is 5.32. The highest BCUT2D eigenvalue weighted by atomic mass is 16.5. The Morgan fingerprint density at radius 1 is 1.17 bits per heavy atom. The second-order valence-electron chi connectivity index (χ2n) is 5.92. The number of para-hydroxylation sites is 1. The second-order valence-corrected chi connectivity index (χ2v) is 5.92. The van der Waals surface area contributed by atoms with Crippen molar-refractivity contribution in [3.63, 3.8) is 0 Å². The first-order chi connectivity index (χ1) is 8.72. The Morgan fingerprint density at radius 2 is 1.89 bits per heavy atom. The van der Waals surface area contributed by atoms with E-state index in [1.807, 2.05) is 18.2 Å². The van der Waals surface area contributed by atoms with E-state index in [1.165, 1.54) is 24.8 Å². The number of benzene rings is 1. The first kappa shape index (κ1) is 12.0. The van der Waals surface area contributed by atoms with Crippen LogP contribution in [0.15, 0.2) is 24.3 Å². The van der Waals surface area contributed by atoms with Crippen LogP contribution in [0.1, 0.15) is 44.1 Å². The highest BCUT2D eigenvalue weighted by Gasteiger charge is 2.56. The predicted octanol–water partition coefficient (Wildman–Crippen LogP) is 3.46. The second kappa shape index (κ2) is 4.58. The van der Waals surface area contributed by atoms with E-state index in [2.05, 4.69) is 13.0 Å². The molecule has 2 unspecified atom stereocenters. The van der Waals surface area contributed by atoms with Crippen molar-refractivity contribution in [2.45, 2.75) is 57.7 Å². The van der Waals surface area contributed by atoms with E-state index < -0.39 is 0 Å². The third kappa shape index (κ3) is 1.83. The first-order valence-corrected chi connectivity index (χ1v) is 7.13. The van der Waals surface area contributed by atoms with Crippen LogP contribution in [0.5, 0.6) is 5.75 Å². The van der Waals surface area contributed by atoms with Gasteiger partial charge in [-0.1, -0.05) is 37.5 Å². The maximum Gasteiger partial charge on any atom is 0.122 e. The number of hydrogen-bond donors (Lipinski definition) is 1. The minimum absolute atomic E-state index is 0.0561. The predicted molar refractivity (Wildman–Crippen MR) is 71.7 cm³/mol. The number of aliphatic hydroxyl groups is 1. The quantitative estimate of drug-likeness (QED) is 0.866. The fourth-order valence-electron chi connectivity index (χ4n) is 3.60. The smallest absolute Gasteiger partial charge is 0.122 e. The van der Waals surface area contributed by atoms with E-state index in [1.54, 1.807) is 0 Å². The van der Waals surface area contributed by atoms with Crippen molar-refractivity contribution in [1.29, 1.82) is 0 Å². The lowest BCUT2D eigenvalue weighted by molar-refractivity contribution is -0.172. The molecule has 2 heteroatoms. The van der Waals surface area contributed by atoms with Gasteiger partial charge in [0.2, 0.25) is 0 Å². The molecule has 98 valence electrons. The summed E-state index contributed by atoms with van der Waals surface area (Å²) in [6.45, 7) is 2.08. The average Bonchev–Trinajstić information content (AvgIpc) is 2.41. The summed E-state index contributed by atoms with van der Waals surface area (Å²) in [5.41, 5.74) is 1.24. The van der Waals surface area contributed by atoms with Crippen molar-refractivity contribution in [2.75, 3.05) is 0 Å². The molecule has 2 saturated carbocycles. The molecule has 0 aliphatic heterocycles. The Hall–Kier alpha value is -1.02. The number of aryl methyl sites for hydroxylation is 1. The summed E-state index contributed by atoms with van der Waals surface area (Å²) in [5.74, 6) is 0.986. The minimum atomic E-state index is -0.146. The van der Waals surface area contributed by atoms with Crippen molar-refractivity contribution < 1.29 is 9.84 Å². The van der Waals surface area contributed by atoms with E-state index >= 15 is 0 Å². The summed E-state index contributed by atoms with van der Waals surface area (Å²) in [6, 6.07) is 8.17. The van der Waals surface area contributed by atoms with Crippen LogP contribution in [0.2, 0.25) is 0 Å². The monoisotopic (exact) mass is 246 g/mol. The van der Waals surface area contributed by atoms with Crippen molar-refractivity contribution in [2.24, 2.45) is 5.41 Å². The van der Waals surface area contributed by atoms with Crippen LogP contribution in [-0.2, 0) is 0 Å². The number of aliphatic hydroxyl groups excluding tert-OH is 1. The van der Waals surface area contributed by atoms with Crippen molar-refractivity contribution in [3.8, 4) is 5.75 Å². The third-order valence-electron chi connectivity index (χ3n) is 4.89. The number of hydrogen-bond acceptors (Lipinski definition) is 2. The van der Waals surface area contributed by atoms with E-state index in [0.29, 0.717) is 0 Å². The zero-order valence-corrected chi connectivity index (χ0v) is 11.1. The van der Waals surface area contributed by atoms with Gasteiger partial charge in [-0.15, -0.1) is 0 Å². The lowest BCUT2D eigenvalue weighted by Gasteiger charge is -2.55. The molecule has 0 saturated heterocycles. The average molecular weight is 246 g/mol. The molecule has 2 nitrogen and oxygen atoms in total. The van der Waals surface area contributed by atoms with Crippen LogP contribution in [0.25, 0.3) is 0 Å². The first-order valence-electron chi connectivity index (χ1n) is 7.13. The minimum Gasteiger partial charge on any atom is -0.489 e. The molecule has 1 aromatic carbocycles. The van der Waals surface area contributed by atoms with Crippen molar-refractivity contribution in [1.82, 2.24) is 0 Å². The SMILES string of the molecule is Cc1ccccc1OC1CC(O)C12CCCCC2. The molecule has 0 radical (unpaired) electrons. The summed E-state index contributed by atoms with van der Waals surface area (Å²) in [6.07, 6.45) is 6.92. The number of rotatable bonds is 2. The lowest BCUT2D eigenvalue weighted by atomic mass is 9.56. The largest absolute Gasteiger partial charge is 0.489 e. The van der Waals surface area contributed by atoms with Gasteiger partial charge in [0.15, 0.2) is 0 Å². The van der Waals surface area contributed by atoms with E-state index in [9.17, 15) is 5.11 Å².